The Morgan fingerprint density at radius 1 is 1.19 bits per heavy atom. The zero-order chi connectivity index (χ0) is 19.8. The van der Waals surface area contributed by atoms with Gasteiger partial charge in [0, 0.05) is 12.3 Å². The molecule has 7 heteroatoms. The summed E-state index contributed by atoms with van der Waals surface area (Å²) in [6.07, 6.45) is 1.48. The van der Waals surface area contributed by atoms with Gasteiger partial charge in [-0.05, 0) is 43.5 Å². The number of nitrogens with zero attached hydrogens (tertiary/aromatic N) is 3. The number of hydrogen-bond acceptors (Lipinski definition) is 4. The van der Waals surface area contributed by atoms with Gasteiger partial charge in [0.25, 0.3) is 5.91 Å². The van der Waals surface area contributed by atoms with E-state index in [9.17, 15) is 9.59 Å². The minimum Gasteiger partial charge on any atom is -0.457 e. The number of anilines is 1. The second-order valence-electron chi connectivity index (χ2n) is 7.13. The van der Waals surface area contributed by atoms with E-state index in [0.717, 1.165) is 10.5 Å². The van der Waals surface area contributed by atoms with Crippen LogP contribution < -0.4 is 15.0 Å². The molecule has 0 spiro atoms. The Hall–Kier alpha value is -3.40. The van der Waals surface area contributed by atoms with Crippen LogP contribution in [0.5, 0.6) is 11.5 Å². The lowest BCUT2D eigenvalue weighted by Gasteiger charge is -2.16. The lowest BCUT2D eigenvalue weighted by atomic mass is 10.0. The fourth-order valence-electron chi connectivity index (χ4n) is 2.84. The van der Waals surface area contributed by atoms with Gasteiger partial charge in [0.15, 0.2) is 5.69 Å². The SMILES string of the molecule is [C-]#[N+]c1ccc(Oc2ccnc(N3C(=O)NC(C)(C)C3=O)c2)cc1C(C)C. The normalized spacial score (nSPS) is 15.6. The molecule has 1 N–H and O–H groups in total. The molecule has 7 nitrogen and oxygen atoms in total. The molecule has 0 atom stereocenters. The molecule has 0 aliphatic carbocycles. The first kappa shape index (κ1) is 18.4. The summed E-state index contributed by atoms with van der Waals surface area (Å²) in [5.74, 6) is 1.01. The van der Waals surface area contributed by atoms with Crippen LogP contribution in [0.25, 0.3) is 4.85 Å². The van der Waals surface area contributed by atoms with E-state index in [1.54, 1.807) is 32.0 Å². The number of aromatic nitrogens is 1. The largest absolute Gasteiger partial charge is 0.457 e. The number of pyridine rings is 1. The molecule has 3 rings (SSSR count). The van der Waals surface area contributed by atoms with Crippen molar-refractivity contribution in [3.8, 4) is 11.5 Å². The van der Waals surface area contributed by atoms with Gasteiger partial charge in [-0.15, -0.1) is 0 Å². The van der Waals surface area contributed by atoms with Crippen LogP contribution in [0.1, 0.15) is 39.2 Å². The number of ether oxygens (including phenoxy) is 1. The zero-order valence-corrected chi connectivity index (χ0v) is 15.6. The predicted molar refractivity (Wildman–Crippen MR) is 101 cm³/mol. The molecule has 1 fully saturated rings. The molecule has 3 amide bonds. The number of hydrogen-bond donors (Lipinski definition) is 1. The van der Waals surface area contributed by atoms with Crippen molar-refractivity contribution in [2.45, 2.75) is 39.2 Å². The highest BCUT2D eigenvalue weighted by atomic mass is 16.5. The van der Waals surface area contributed by atoms with E-state index in [4.69, 9.17) is 11.3 Å². The molecule has 0 saturated carbocycles. The van der Waals surface area contributed by atoms with E-state index < -0.39 is 11.6 Å². The van der Waals surface area contributed by atoms with E-state index in [0.29, 0.717) is 17.2 Å². The van der Waals surface area contributed by atoms with Crippen molar-refractivity contribution in [1.82, 2.24) is 10.3 Å². The van der Waals surface area contributed by atoms with Crippen LogP contribution in [0.4, 0.5) is 16.3 Å². The molecule has 1 aliphatic rings. The summed E-state index contributed by atoms with van der Waals surface area (Å²) in [5, 5.41) is 2.62. The highest BCUT2D eigenvalue weighted by Crippen LogP contribution is 2.33. The van der Waals surface area contributed by atoms with Crippen LogP contribution in [0, 0.1) is 6.57 Å². The summed E-state index contributed by atoms with van der Waals surface area (Å²) in [7, 11) is 0. The molecule has 1 saturated heterocycles. The van der Waals surface area contributed by atoms with Crippen LogP contribution >= 0.6 is 0 Å². The Bertz CT molecular complexity index is 960. The predicted octanol–water partition coefficient (Wildman–Crippen LogP) is 4.38. The molecule has 138 valence electrons. The first-order chi connectivity index (χ1) is 12.7. The second-order valence-corrected chi connectivity index (χ2v) is 7.13. The van der Waals surface area contributed by atoms with E-state index in [2.05, 4.69) is 15.1 Å². The molecule has 2 aromatic rings. The van der Waals surface area contributed by atoms with Crippen molar-refractivity contribution in [1.29, 1.82) is 0 Å². The van der Waals surface area contributed by atoms with Crippen LogP contribution in [0.15, 0.2) is 36.5 Å². The number of urea groups is 1. The highest BCUT2D eigenvalue weighted by molar-refractivity contribution is 6.22. The van der Waals surface area contributed by atoms with Crippen molar-refractivity contribution in [3.63, 3.8) is 0 Å². The average molecular weight is 364 g/mol. The number of carbonyl (C=O) groups is 2. The van der Waals surface area contributed by atoms with Gasteiger partial charge in [0.2, 0.25) is 0 Å². The lowest BCUT2D eigenvalue weighted by molar-refractivity contribution is -0.121. The fraction of sp³-hybridized carbons (Fsp3) is 0.300. The van der Waals surface area contributed by atoms with E-state index in [1.165, 1.54) is 12.3 Å². The third kappa shape index (κ3) is 3.47. The number of nitrogens with one attached hydrogen (secondary N) is 1. The quantitative estimate of drug-likeness (QED) is 0.645. The van der Waals surface area contributed by atoms with Crippen molar-refractivity contribution >= 4 is 23.4 Å². The minimum atomic E-state index is -0.975. The smallest absolute Gasteiger partial charge is 0.330 e. The number of benzene rings is 1. The van der Waals surface area contributed by atoms with Gasteiger partial charge in [-0.2, -0.15) is 0 Å². The maximum Gasteiger partial charge on any atom is 0.330 e. The highest BCUT2D eigenvalue weighted by Gasteiger charge is 2.45. The summed E-state index contributed by atoms with van der Waals surface area (Å²) >= 11 is 0. The molecule has 0 radical (unpaired) electrons. The Morgan fingerprint density at radius 3 is 2.48 bits per heavy atom. The standard InChI is InChI=1S/C20H20N4O3/c1-12(2)15-10-13(6-7-16(15)21-5)27-14-8-9-22-17(11-14)24-18(25)20(3,4)23-19(24)26/h6-12H,1-4H3,(H,23,26). The maximum atomic E-state index is 12.4. The topological polar surface area (TPSA) is 75.9 Å². The Kier molecular flexibility index (Phi) is 4.58. The summed E-state index contributed by atoms with van der Waals surface area (Å²) in [4.78, 5) is 33.2. The van der Waals surface area contributed by atoms with Crippen molar-refractivity contribution in [2.24, 2.45) is 0 Å². The Morgan fingerprint density at radius 2 is 1.89 bits per heavy atom. The minimum absolute atomic E-state index is 0.179. The monoisotopic (exact) mass is 364 g/mol. The van der Waals surface area contributed by atoms with Crippen LogP contribution in [-0.2, 0) is 4.79 Å². The average Bonchev–Trinajstić information content (AvgIpc) is 2.82. The molecule has 1 aromatic heterocycles. The molecule has 1 aromatic carbocycles. The van der Waals surface area contributed by atoms with Crippen molar-refractivity contribution in [2.75, 3.05) is 4.90 Å². The van der Waals surface area contributed by atoms with Crippen molar-refractivity contribution in [3.05, 3.63) is 53.5 Å². The van der Waals surface area contributed by atoms with Crippen LogP contribution in [0.2, 0.25) is 0 Å². The molecule has 0 unspecified atom stereocenters. The summed E-state index contributed by atoms with van der Waals surface area (Å²) in [5.41, 5.74) is 0.513. The Balaban J connectivity index is 1.90. The first-order valence-corrected chi connectivity index (χ1v) is 8.55. The number of rotatable bonds is 4. The van der Waals surface area contributed by atoms with Gasteiger partial charge < -0.3 is 10.1 Å². The van der Waals surface area contributed by atoms with Gasteiger partial charge in [-0.1, -0.05) is 19.9 Å². The molecule has 0 bridgehead atoms. The van der Waals surface area contributed by atoms with Gasteiger partial charge in [0.05, 0.1) is 6.57 Å². The number of imide groups is 1. The second kappa shape index (κ2) is 6.72. The molecule has 2 heterocycles. The molecule has 1 aliphatic heterocycles. The molecule has 27 heavy (non-hydrogen) atoms. The van der Waals surface area contributed by atoms with Crippen LogP contribution in [-0.4, -0.2) is 22.5 Å². The summed E-state index contributed by atoms with van der Waals surface area (Å²) in [6, 6.07) is 7.94. The van der Waals surface area contributed by atoms with E-state index in [-0.39, 0.29) is 17.6 Å². The third-order valence-corrected chi connectivity index (χ3v) is 4.28. The zero-order valence-electron chi connectivity index (χ0n) is 15.6. The van der Waals surface area contributed by atoms with Gasteiger partial charge >= 0.3 is 6.03 Å². The molecular weight excluding hydrogens is 344 g/mol. The first-order valence-electron chi connectivity index (χ1n) is 8.55. The van der Waals surface area contributed by atoms with Gasteiger partial charge in [-0.3, -0.25) is 4.79 Å². The van der Waals surface area contributed by atoms with Crippen molar-refractivity contribution < 1.29 is 14.3 Å². The van der Waals surface area contributed by atoms with Crippen LogP contribution in [0.3, 0.4) is 0 Å². The fourth-order valence-corrected chi connectivity index (χ4v) is 2.84. The number of amides is 3. The van der Waals surface area contributed by atoms with Gasteiger partial charge in [-0.25, -0.2) is 19.5 Å². The third-order valence-electron chi connectivity index (χ3n) is 4.28. The van der Waals surface area contributed by atoms with E-state index >= 15 is 0 Å². The maximum absolute atomic E-state index is 12.4. The van der Waals surface area contributed by atoms with Gasteiger partial charge in [0.1, 0.15) is 22.9 Å². The summed E-state index contributed by atoms with van der Waals surface area (Å²) < 4.78 is 5.88. The molecular formula is C20H20N4O3. The number of carbonyl (C=O) groups excluding carboxylic acids is 2. The van der Waals surface area contributed by atoms with E-state index in [1.807, 2.05) is 19.9 Å². The lowest BCUT2D eigenvalue weighted by Crippen LogP contribution is -2.40. The Labute approximate surface area is 157 Å². The summed E-state index contributed by atoms with van der Waals surface area (Å²) in [6.45, 7) is 14.6.